The zero-order valence-electron chi connectivity index (χ0n) is 10.7. The number of hydrogen-bond acceptors (Lipinski definition) is 4. The molecule has 0 aromatic rings. The second-order valence-electron chi connectivity index (χ2n) is 4.79. The molecule has 0 bridgehead atoms. The molecule has 0 spiro atoms. The number of carbonyl (C=O) groups is 3. The quantitative estimate of drug-likeness (QED) is 0.551. The van der Waals surface area contributed by atoms with Crippen LogP contribution in [-0.4, -0.2) is 51.4 Å². The van der Waals surface area contributed by atoms with Gasteiger partial charge in [-0.25, -0.2) is 0 Å². The summed E-state index contributed by atoms with van der Waals surface area (Å²) in [6, 6.07) is 0. The van der Waals surface area contributed by atoms with Crippen molar-refractivity contribution in [3.05, 3.63) is 24.3 Å². The Bertz CT molecular complexity index is 461. The maximum atomic E-state index is 11.5. The normalized spacial score (nSPS) is 26.1. The maximum Gasteiger partial charge on any atom is 0.253 e. The molecule has 1 atom stereocenters. The van der Waals surface area contributed by atoms with Crippen LogP contribution in [0.1, 0.15) is 19.8 Å². The zero-order valence-corrected chi connectivity index (χ0v) is 10.7. The number of hydrogen-bond donors (Lipinski definition) is 1. The molecular formula is C13H16N2O4. The van der Waals surface area contributed by atoms with Gasteiger partial charge in [0.1, 0.15) is 0 Å². The first-order chi connectivity index (χ1) is 8.92. The minimum atomic E-state index is -1.24. The van der Waals surface area contributed by atoms with Crippen LogP contribution in [0.2, 0.25) is 0 Å². The van der Waals surface area contributed by atoms with Gasteiger partial charge in [0.25, 0.3) is 11.8 Å². The first kappa shape index (κ1) is 13.5. The zero-order chi connectivity index (χ0) is 14.0. The molecule has 2 aliphatic rings. The lowest BCUT2D eigenvalue weighted by Crippen LogP contribution is -2.44. The lowest BCUT2D eigenvalue weighted by molar-refractivity contribution is -0.140. The first-order valence-electron chi connectivity index (χ1n) is 6.18. The number of aliphatic hydroxyl groups is 1. The topological polar surface area (TPSA) is 77.9 Å². The molecule has 1 N–H and O–H groups in total. The molecule has 6 nitrogen and oxygen atoms in total. The van der Waals surface area contributed by atoms with Gasteiger partial charge in [0.2, 0.25) is 5.91 Å². The third-order valence-corrected chi connectivity index (χ3v) is 3.27. The lowest BCUT2D eigenvalue weighted by Gasteiger charge is -2.29. The largest absolute Gasteiger partial charge is 0.367 e. The molecule has 102 valence electrons. The van der Waals surface area contributed by atoms with Crippen molar-refractivity contribution in [3.8, 4) is 0 Å². The molecule has 2 rings (SSSR count). The Kier molecular flexibility index (Phi) is 3.53. The van der Waals surface area contributed by atoms with Crippen LogP contribution < -0.4 is 0 Å². The SMILES string of the molecule is CC1(O)C=CC(=O)N1CCCCN1C(=O)C=CC1=O. The van der Waals surface area contributed by atoms with Gasteiger partial charge in [0.05, 0.1) is 0 Å². The van der Waals surface area contributed by atoms with Gasteiger partial charge in [-0.15, -0.1) is 0 Å². The van der Waals surface area contributed by atoms with Crippen LogP contribution in [-0.2, 0) is 14.4 Å². The number of amides is 3. The average molecular weight is 264 g/mol. The summed E-state index contributed by atoms with van der Waals surface area (Å²) < 4.78 is 0. The van der Waals surface area contributed by atoms with Crippen molar-refractivity contribution in [2.75, 3.05) is 13.1 Å². The molecule has 19 heavy (non-hydrogen) atoms. The minimum Gasteiger partial charge on any atom is -0.367 e. The molecule has 3 amide bonds. The Morgan fingerprint density at radius 1 is 1.00 bits per heavy atom. The maximum absolute atomic E-state index is 11.5. The van der Waals surface area contributed by atoms with Gasteiger partial charge >= 0.3 is 0 Å². The third-order valence-electron chi connectivity index (χ3n) is 3.27. The Labute approximate surface area is 111 Å². The molecule has 0 fully saturated rings. The summed E-state index contributed by atoms with van der Waals surface area (Å²) in [5, 5.41) is 9.91. The summed E-state index contributed by atoms with van der Waals surface area (Å²) >= 11 is 0. The first-order valence-corrected chi connectivity index (χ1v) is 6.18. The Morgan fingerprint density at radius 3 is 2.11 bits per heavy atom. The predicted molar refractivity (Wildman–Crippen MR) is 66.6 cm³/mol. The van der Waals surface area contributed by atoms with E-state index in [-0.39, 0.29) is 17.7 Å². The highest BCUT2D eigenvalue weighted by atomic mass is 16.3. The van der Waals surface area contributed by atoms with E-state index in [9.17, 15) is 19.5 Å². The molecule has 0 aromatic heterocycles. The van der Waals surface area contributed by atoms with Gasteiger partial charge in [-0.05, 0) is 25.8 Å². The highest BCUT2D eigenvalue weighted by molar-refractivity contribution is 6.12. The van der Waals surface area contributed by atoms with E-state index < -0.39 is 5.72 Å². The second-order valence-corrected chi connectivity index (χ2v) is 4.79. The fourth-order valence-electron chi connectivity index (χ4n) is 2.16. The van der Waals surface area contributed by atoms with Crippen molar-refractivity contribution in [1.29, 1.82) is 0 Å². The van der Waals surface area contributed by atoms with Crippen LogP contribution in [0.25, 0.3) is 0 Å². The number of unbranched alkanes of at least 4 members (excludes halogenated alkanes) is 1. The van der Waals surface area contributed by atoms with E-state index in [0.717, 1.165) is 0 Å². The lowest BCUT2D eigenvalue weighted by atomic mass is 10.2. The molecule has 0 radical (unpaired) electrons. The molecule has 0 aliphatic carbocycles. The fraction of sp³-hybridized carbons (Fsp3) is 0.462. The van der Waals surface area contributed by atoms with Crippen LogP contribution in [0.3, 0.4) is 0 Å². The van der Waals surface area contributed by atoms with E-state index in [1.165, 1.54) is 34.1 Å². The van der Waals surface area contributed by atoms with Crippen molar-refractivity contribution in [2.45, 2.75) is 25.5 Å². The summed E-state index contributed by atoms with van der Waals surface area (Å²) in [5.74, 6) is -0.813. The van der Waals surface area contributed by atoms with Gasteiger partial charge in [0, 0.05) is 31.3 Å². The van der Waals surface area contributed by atoms with Crippen LogP contribution in [0, 0.1) is 0 Å². The van der Waals surface area contributed by atoms with Gasteiger partial charge < -0.3 is 10.0 Å². The number of rotatable bonds is 5. The van der Waals surface area contributed by atoms with Crippen molar-refractivity contribution in [2.24, 2.45) is 0 Å². The molecule has 0 saturated carbocycles. The van der Waals surface area contributed by atoms with Gasteiger partial charge in [-0.2, -0.15) is 0 Å². The van der Waals surface area contributed by atoms with Crippen LogP contribution >= 0.6 is 0 Å². The number of nitrogens with zero attached hydrogens (tertiary/aromatic N) is 2. The Balaban J connectivity index is 1.75. The number of carbonyl (C=O) groups excluding carboxylic acids is 3. The molecule has 2 aliphatic heterocycles. The van der Waals surface area contributed by atoms with E-state index in [2.05, 4.69) is 0 Å². The standard InChI is InChI=1S/C13H16N2O4/c1-13(19)7-6-12(18)15(13)9-3-2-8-14-10(16)4-5-11(14)17/h4-7,19H,2-3,8-9H2,1H3. The molecule has 2 heterocycles. The van der Waals surface area contributed by atoms with Crippen molar-refractivity contribution >= 4 is 17.7 Å². The summed E-state index contributed by atoms with van der Waals surface area (Å²) in [4.78, 5) is 36.6. The highest BCUT2D eigenvalue weighted by Crippen LogP contribution is 2.21. The monoisotopic (exact) mass is 264 g/mol. The van der Waals surface area contributed by atoms with Gasteiger partial charge in [-0.3, -0.25) is 19.3 Å². The Hall–Kier alpha value is -1.95. The van der Waals surface area contributed by atoms with E-state index in [0.29, 0.717) is 25.9 Å². The van der Waals surface area contributed by atoms with Crippen LogP contribution in [0.4, 0.5) is 0 Å². The summed E-state index contributed by atoms with van der Waals surface area (Å²) in [6.45, 7) is 2.27. The Morgan fingerprint density at radius 2 is 1.58 bits per heavy atom. The minimum absolute atomic E-state index is 0.222. The number of imide groups is 1. The van der Waals surface area contributed by atoms with E-state index >= 15 is 0 Å². The molecule has 0 aromatic carbocycles. The summed E-state index contributed by atoms with van der Waals surface area (Å²) in [5.41, 5.74) is -1.24. The molecular weight excluding hydrogens is 248 g/mol. The van der Waals surface area contributed by atoms with Gasteiger partial charge in [0.15, 0.2) is 5.72 Å². The smallest absolute Gasteiger partial charge is 0.253 e. The predicted octanol–water partition coefficient (Wildman–Crippen LogP) is -0.202. The molecule has 6 heteroatoms. The van der Waals surface area contributed by atoms with Gasteiger partial charge in [-0.1, -0.05) is 0 Å². The average Bonchev–Trinajstić information content (AvgIpc) is 2.79. The van der Waals surface area contributed by atoms with Crippen molar-refractivity contribution in [1.82, 2.24) is 9.80 Å². The molecule has 1 unspecified atom stereocenters. The highest BCUT2D eigenvalue weighted by Gasteiger charge is 2.34. The van der Waals surface area contributed by atoms with E-state index in [4.69, 9.17) is 0 Å². The van der Waals surface area contributed by atoms with E-state index in [1.807, 2.05) is 0 Å². The fourth-order valence-corrected chi connectivity index (χ4v) is 2.16. The third kappa shape index (κ3) is 2.73. The summed E-state index contributed by atoms with van der Waals surface area (Å²) in [6.07, 6.45) is 6.51. The van der Waals surface area contributed by atoms with Crippen molar-refractivity contribution in [3.63, 3.8) is 0 Å². The summed E-state index contributed by atoms with van der Waals surface area (Å²) in [7, 11) is 0. The van der Waals surface area contributed by atoms with Crippen LogP contribution in [0.5, 0.6) is 0 Å². The van der Waals surface area contributed by atoms with Crippen molar-refractivity contribution < 1.29 is 19.5 Å². The molecule has 0 saturated heterocycles. The van der Waals surface area contributed by atoms with E-state index in [1.54, 1.807) is 6.92 Å². The second kappa shape index (κ2) is 4.97. The van der Waals surface area contributed by atoms with Crippen LogP contribution in [0.15, 0.2) is 24.3 Å².